The van der Waals surface area contributed by atoms with Gasteiger partial charge in [0, 0.05) is 22.1 Å². The number of anilines is 1. The van der Waals surface area contributed by atoms with Gasteiger partial charge in [-0.15, -0.1) is 0 Å². The largest absolute Gasteiger partial charge is 0.446 e. The van der Waals surface area contributed by atoms with E-state index in [4.69, 9.17) is 0 Å². The zero-order chi connectivity index (χ0) is 17.0. The van der Waals surface area contributed by atoms with Crippen LogP contribution in [0.4, 0.5) is 19.0 Å². The number of benzene rings is 1. The van der Waals surface area contributed by atoms with Gasteiger partial charge in [0.15, 0.2) is 5.82 Å². The summed E-state index contributed by atoms with van der Waals surface area (Å²) in [5, 5.41) is 4.20. The summed E-state index contributed by atoms with van der Waals surface area (Å²) < 4.78 is 41.7. The Morgan fingerprint density at radius 3 is 2.33 bits per heavy atom. The highest BCUT2D eigenvalue weighted by Crippen LogP contribution is 2.37. The number of nitrogens with one attached hydrogen (secondary N) is 1. The van der Waals surface area contributed by atoms with Crippen LogP contribution in [-0.2, 0) is 0 Å². The molecule has 0 amide bonds. The molecule has 1 aromatic carbocycles. The lowest BCUT2D eigenvalue weighted by atomic mass is 10.4. The zero-order valence-corrected chi connectivity index (χ0v) is 13.7. The molecule has 0 aliphatic heterocycles. The fourth-order valence-electron chi connectivity index (χ4n) is 1.86. The van der Waals surface area contributed by atoms with Gasteiger partial charge in [-0.2, -0.15) is 23.0 Å². The molecule has 4 nitrogen and oxygen atoms in total. The second-order valence-corrected chi connectivity index (χ2v) is 6.56. The van der Waals surface area contributed by atoms with Crippen molar-refractivity contribution in [2.24, 2.45) is 0 Å². The number of nitrogens with zero attached hydrogens (tertiary/aromatic N) is 3. The molecule has 0 saturated heterocycles. The van der Waals surface area contributed by atoms with Gasteiger partial charge in [-0.25, -0.2) is 4.98 Å². The van der Waals surface area contributed by atoms with Crippen LogP contribution in [0.5, 0.6) is 0 Å². The average molecular weight is 368 g/mol. The van der Waals surface area contributed by atoms with Gasteiger partial charge in [-0.3, -0.25) is 0 Å². The number of halogens is 3. The summed E-state index contributed by atoms with van der Waals surface area (Å²) in [6, 6.07) is 13.4. The fourth-order valence-corrected chi connectivity index (χ4v) is 3.05. The third kappa shape index (κ3) is 4.45. The smallest absolute Gasteiger partial charge is 0.310 e. The molecule has 1 N–H and O–H groups in total. The molecule has 0 radical (unpaired) electrons. The summed E-state index contributed by atoms with van der Waals surface area (Å²) >= 11 is 1.16. The van der Waals surface area contributed by atoms with Crippen molar-refractivity contribution in [1.82, 2.24) is 14.8 Å². The predicted octanol–water partition coefficient (Wildman–Crippen LogP) is 5.00. The first-order chi connectivity index (χ1) is 11.5. The minimum absolute atomic E-state index is 0.127. The van der Waals surface area contributed by atoms with Crippen molar-refractivity contribution in [2.75, 3.05) is 4.72 Å². The second kappa shape index (κ2) is 7.18. The van der Waals surface area contributed by atoms with E-state index >= 15 is 0 Å². The van der Waals surface area contributed by atoms with Crippen LogP contribution in [0.3, 0.4) is 0 Å². The van der Waals surface area contributed by atoms with Crippen molar-refractivity contribution >= 4 is 29.5 Å². The molecular weight excluding hydrogens is 357 g/mol. The van der Waals surface area contributed by atoms with Gasteiger partial charge in [0.25, 0.3) is 0 Å². The Morgan fingerprint density at radius 2 is 1.67 bits per heavy atom. The Balaban J connectivity index is 1.66. The number of thioether (sulfide) groups is 1. The predicted molar refractivity (Wildman–Crippen MR) is 89.2 cm³/mol. The normalized spacial score (nSPS) is 11.5. The van der Waals surface area contributed by atoms with Crippen LogP contribution in [0.25, 0.3) is 5.82 Å². The Labute approximate surface area is 144 Å². The van der Waals surface area contributed by atoms with Gasteiger partial charge in [0.1, 0.15) is 5.82 Å². The van der Waals surface area contributed by atoms with Crippen molar-refractivity contribution in [2.45, 2.75) is 15.3 Å². The molecule has 0 bridgehead atoms. The third-order valence-electron chi connectivity index (χ3n) is 2.84. The van der Waals surface area contributed by atoms with Crippen LogP contribution >= 0.6 is 23.7 Å². The third-order valence-corrected chi connectivity index (χ3v) is 4.40. The van der Waals surface area contributed by atoms with Crippen LogP contribution in [0.15, 0.2) is 70.7 Å². The first kappa shape index (κ1) is 16.7. The summed E-state index contributed by atoms with van der Waals surface area (Å²) in [6.45, 7) is 0. The van der Waals surface area contributed by atoms with Crippen LogP contribution in [0.1, 0.15) is 0 Å². The molecule has 0 spiro atoms. The molecule has 0 fully saturated rings. The molecule has 0 atom stereocenters. The average Bonchev–Trinajstić information content (AvgIpc) is 3.02. The highest BCUT2D eigenvalue weighted by molar-refractivity contribution is 8.00. The summed E-state index contributed by atoms with van der Waals surface area (Å²) in [7, 11) is 0. The maximum absolute atomic E-state index is 12.3. The van der Waals surface area contributed by atoms with E-state index in [1.165, 1.54) is 24.1 Å². The molecule has 2 aromatic heterocycles. The molecule has 0 unspecified atom stereocenters. The Bertz CT molecular complexity index is 788. The van der Waals surface area contributed by atoms with E-state index in [1.54, 1.807) is 35.3 Å². The maximum Gasteiger partial charge on any atom is 0.446 e. The molecule has 0 aliphatic carbocycles. The van der Waals surface area contributed by atoms with E-state index in [-0.39, 0.29) is 16.7 Å². The first-order valence-electron chi connectivity index (χ1n) is 6.75. The molecule has 2 heterocycles. The van der Waals surface area contributed by atoms with Gasteiger partial charge in [-0.1, -0.05) is 6.07 Å². The molecule has 9 heteroatoms. The minimum atomic E-state index is -4.28. The van der Waals surface area contributed by atoms with E-state index in [9.17, 15) is 13.2 Å². The molecule has 0 aliphatic rings. The summed E-state index contributed by atoms with van der Waals surface area (Å²) in [4.78, 5) is 5.17. The number of aromatic nitrogens is 3. The monoisotopic (exact) mass is 368 g/mol. The van der Waals surface area contributed by atoms with E-state index in [0.717, 1.165) is 4.90 Å². The summed E-state index contributed by atoms with van der Waals surface area (Å²) in [5.74, 6) is 1.38. The number of alkyl halides is 3. The van der Waals surface area contributed by atoms with Crippen LogP contribution in [0, 0.1) is 0 Å². The van der Waals surface area contributed by atoms with E-state index < -0.39 is 5.51 Å². The molecule has 24 heavy (non-hydrogen) atoms. The minimum Gasteiger partial charge on any atom is -0.310 e. The van der Waals surface area contributed by atoms with Crippen LogP contribution < -0.4 is 4.72 Å². The summed E-state index contributed by atoms with van der Waals surface area (Å²) in [6.07, 6.45) is 3.31. The molecule has 3 rings (SSSR count). The highest BCUT2D eigenvalue weighted by atomic mass is 32.2. The first-order valence-corrected chi connectivity index (χ1v) is 8.39. The SMILES string of the molecule is FC(F)(F)Sc1ccc(SNc2ccnn2-c2ccccn2)cc1. The van der Waals surface area contributed by atoms with E-state index in [2.05, 4.69) is 14.8 Å². The topological polar surface area (TPSA) is 42.7 Å². The van der Waals surface area contributed by atoms with E-state index in [0.29, 0.717) is 11.6 Å². The Hall–Kier alpha value is -2.13. The Morgan fingerprint density at radius 1 is 0.917 bits per heavy atom. The number of pyridine rings is 1. The van der Waals surface area contributed by atoms with Gasteiger partial charge in [0.05, 0.1) is 6.20 Å². The molecule has 3 aromatic rings. The van der Waals surface area contributed by atoms with E-state index in [1.807, 2.05) is 18.2 Å². The number of hydrogen-bond acceptors (Lipinski definition) is 5. The van der Waals surface area contributed by atoms with Crippen molar-refractivity contribution < 1.29 is 13.2 Å². The van der Waals surface area contributed by atoms with Gasteiger partial charge >= 0.3 is 5.51 Å². The molecular formula is C15H11F3N4S2. The van der Waals surface area contributed by atoms with Crippen LogP contribution in [-0.4, -0.2) is 20.3 Å². The lowest BCUT2D eigenvalue weighted by molar-refractivity contribution is -0.0328. The Kier molecular flexibility index (Phi) is 5.00. The number of rotatable bonds is 5. The maximum atomic E-state index is 12.3. The summed E-state index contributed by atoms with van der Waals surface area (Å²) in [5.41, 5.74) is -4.28. The number of hydrogen-bond donors (Lipinski definition) is 1. The van der Waals surface area contributed by atoms with Crippen LogP contribution in [0.2, 0.25) is 0 Å². The van der Waals surface area contributed by atoms with Crippen molar-refractivity contribution in [3.63, 3.8) is 0 Å². The van der Waals surface area contributed by atoms with Gasteiger partial charge < -0.3 is 4.72 Å². The lowest BCUT2D eigenvalue weighted by Crippen LogP contribution is -2.02. The fraction of sp³-hybridized carbons (Fsp3) is 0.0667. The second-order valence-electron chi connectivity index (χ2n) is 4.54. The lowest BCUT2D eigenvalue weighted by Gasteiger charge is -2.09. The standard InChI is InChI=1S/C15H11F3N4S2/c16-15(17,18)23-11-4-6-12(7-5-11)24-21-14-8-10-20-22(14)13-3-1-2-9-19-13/h1-10,21H. The van der Waals surface area contributed by atoms with Crippen molar-refractivity contribution in [3.05, 3.63) is 60.9 Å². The van der Waals surface area contributed by atoms with Crippen molar-refractivity contribution in [3.8, 4) is 5.82 Å². The molecule has 124 valence electrons. The van der Waals surface area contributed by atoms with Crippen molar-refractivity contribution in [1.29, 1.82) is 0 Å². The quantitative estimate of drug-likeness (QED) is 0.507. The highest BCUT2D eigenvalue weighted by Gasteiger charge is 2.28. The zero-order valence-electron chi connectivity index (χ0n) is 12.1. The van der Waals surface area contributed by atoms with Gasteiger partial charge in [-0.05, 0) is 60.1 Å². The molecule has 0 saturated carbocycles. The van der Waals surface area contributed by atoms with Gasteiger partial charge in [0.2, 0.25) is 0 Å².